The van der Waals surface area contributed by atoms with Crippen molar-refractivity contribution in [3.8, 4) is 0 Å². The molecule has 3 fully saturated rings. The second kappa shape index (κ2) is 6.41. The van der Waals surface area contributed by atoms with E-state index in [0.717, 1.165) is 39.0 Å². The van der Waals surface area contributed by atoms with Gasteiger partial charge in [-0.15, -0.1) is 0 Å². The number of piperidine rings is 2. The summed E-state index contributed by atoms with van der Waals surface area (Å²) in [5.41, 5.74) is 0. The molecule has 0 aromatic rings. The van der Waals surface area contributed by atoms with Gasteiger partial charge in [0, 0.05) is 44.3 Å². The number of amides is 1. The van der Waals surface area contributed by atoms with Crippen LogP contribution in [0.15, 0.2) is 0 Å². The monoisotopic (exact) mass is 280 g/mol. The summed E-state index contributed by atoms with van der Waals surface area (Å²) in [4.78, 5) is 17.0. The maximum atomic E-state index is 12.2. The van der Waals surface area contributed by atoms with Crippen molar-refractivity contribution in [3.05, 3.63) is 0 Å². The highest BCUT2D eigenvalue weighted by Crippen LogP contribution is 2.32. The first-order chi connectivity index (χ1) is 9.72. The lowest BCUT2D eigenvalue weighted by Gasteiger charge is -2.47. The molecule has 114 valence electrons. The molecule has 2 bridgehead atoms. The lowest BCUT2D eigenvalue weighted by molar-refractivity contribution is -0.123. The molecular formula is C15H28N4O. The van der Waals surface area contributed by atoms with Gasteiger partial charge in [-0.25, -0.2) is 0 Å². The van der Waals surface area contributed by atoms with Gasteiger partial charge in [-0.3, -0.25) is 9.69 Å². The largest absolute Gasteiger partial charge is 0.352 e. The molecule has 0 spiro atoms. The Morgan fingerprint density at radius 1 is 1.20 bits per heavy atom. The van der Waals surface area contributed by atoms with Crippen LogP contribution in [0.3, 0.4) is 0 Å². The molecule has 3 aliphatic heterocycles. The average Bonchev–Trinajstić information content (AvgIpc) is 2.41. The number of hydrogen-bond donors (Lipinski definition) is 2. The van der Waals surface area contributed by atoms with Gasteiger partial charge in [-0.2, -0.15) is 0 Å². The van der Waals surface area contributed by atoms with Crippen molar-refractivity contribution in [2.45, 2.75) is 50.2 Å². The molecule has 20 heavy (non-hydrogen) atoms. The minimum absolute atomic E-state index is 0.222. The fourth-order valence-corrected chi connectivity index (χ4v) is 4.08. The van der Waals surface area contributed by atoms with Crippen molar-refractivity contribution < 1.29 is 4.79 Å². The second-order valence-corrected chi connectivity index (χ2v) is 6.67. The average molecular weight is 280 g/mol. The van der Waals surface area contributed by atoms with Crippen LogP contribution in [0.4, 0.5) is 0 Å². The summed E-state index contributed by atoms with van der Waals surface area (Å²) in [6.45, 7) is 4.57. The number of carbonyl (C=O) groups excluding carboxylic acids is 1. The van der Waals surface area contributed by atoms with Gasteiger partial charge in [0.1, 0.15) is 0 Å². The van der Waals surface area contributed by atoms with E-state index in [2.05, 4.69) is 27.5 Å². The van der Waals surface area contributed by atoms with Crippen LogP contribution in [0.1, 0.15) is 32.1 Å². The summed E-state index contributed by atoms with van der Waals surface area (Å²) >= 11 is 0. The van der Waals surface area contributed by atoms with E-state index < -0.39 is 0 Å². The number of rotatable bonds is 3. The Morgan fingerprint density at radius 2 is 1.85 bits per heavy atom. The van der Waals surface area contributed by atoms with Crippen LogP contribution in [-0.2, 0) is 4.79 Å². The van der Waals surface area contributed by atoms with Gasteiger partial charge in [0.2, 0.25) is 5.91 Å². The summed E-state index contributed by atoms with van der Waals surface area (Å²) in [6.07, 6.45) is 6.25. The first-order valence-corrected chi connectivity index (χ1v) is 8.17. The molecule has 0 radical (unpaired) electrons. The Kier molecular flexibility index (Phi) is 4.58. The van der Waals surface area contributed by atoms with Crippen molar-refractivity contribution in [2.24, 2.45) is 0 Å². The topological polar surface area (TPSA) is 47.6 Å². The molecule has 3 rings (SSSR count). The zero-order chi connectivity index (χ0) is 13.9. The number of carbonyl (C=O) groups is 1. The van der Waals surface area contributed by atoms with E-state index in [0.29, 0.717) is 24.7 Å². The molecule has 1 amide bonds. The van der Waals surface area contributed by atoms with Crippen LogP contribution in [0.2, 0.25) is 0 Å². The normalized spacial score (nSPS) is 35.8. The van der Waals surface area contributed by atoms with E-state index in [-0.39, 0.29) is 5.91 Å². The third-order valence-corrected chi connectivity index (χ3v) is 5.28. The zero-order valence-electron chi connectivity index (χ0n) is 12.6. The maximum absolute atomic E-state index is 12.2. The molecule has 5 heteroatoms. The lowest BCUT2D eigenvalue weighted by Crippen LogP contribution is -2.56. The van der Waals surface area contributed by atoms with Gasteiger partial charge in [0.05, 0.1) is 6.54 Å². The minimum Gasteiger partial charge on any atom is -0.352 e. The van der Waals surface area contributed by atoms with E-state index >= 15 is 0 Å². The van der Waals surface area contributed by atoms with Crippen molar-refractivity contribution >= 4 is 5.91 Å². The van der Waals surface area contributed by atoms with Gasteiger partial charge in [-0.05, 0) is 32.7 Å². The SMILES string of the molecule is CN1C2CCCC1CC(NC(=O)CN1CCNCC1)C2. The molecular weight excluding hydrogens is 252 g/mol. The Morgan fingerprint density at radius 3 is 2.50 bits per heavy atom. The molecule has 3 saturated heterocycles. The Bertz CT molecular complexity index is 329. The molecule has 0 saturated carbocycles. The fraction of sp³-hybridized carbons (Fsp3) is 0.933. The van der Waals surface area contributed by atoms with Crippen LogP contribution in [0.5, 0.6) is 0 Å². The zero-order valence-corrected chi connectivity index (χ0v) is 12.6. The van der Waals surface area contributed by atoms with Crippen molar-refractivity contribution in [1.29, 1.82) is 0 Å². The second-order valence-electron chi connectivity index (χ2n) is 6.67. The molecule has 0 aromatic carbocycles. The molecule has 3 heterocycles. The minimum atomic E-state index is 0.222. The van der Waals surface area contributed by atoms with E-state index in [1.54, 1.807) is 0 Å². The Balaban J connectivity index is 1.46. The third-order valence-electron chi connectivity index (χ3n) is 5.28. The van der Waals surface area contributed by atoms with Crippen molar-refractivity contribution in [3.63, 3.8) is 0 Å². The first-order valence-electron chi connectivity index (χ1n) is 8.17. The quantitative estimate of drug-likeness (QED) is 0.765. The summed E-state index contributed by atoms with van der Waals surface area (Å²) in [5, 5.41) is 6.61. The standard InChI is InChI=1S/C15H28N4O/c1-18-13-3-2-4-14(18)10-12(9-13)17-15(20)11-19-7-5-16-6-8-19/h12-14,16H,2-11H2,1H3,(H,17,20). The molecule has 5 nitrogen and oxygen atoms in total. The van der Waals surface area contributed by atoms with Gasteiger partial charge in [0.25, 0.3) is 0 Å². The maximum Gasteiger partial charge on any atom is 0.234 e. The van der Waals surface area contributed by atoms with E-state index in [1.165, 1.54) is 19.3 Å². The number of nitrogens with zero attached hydrogens (tertiary/aromatic N) is 2. The predicted molar refractivity (Wildman–Crippen MR) is 79.7 cm³/mol. The van der Waals surface area contributed by atoms with Crippen molar-refractivity contribution in [2.75, 3.05) is 39.8 Å². The van der Waals surface area contributed by atoms with Gasteiger partial charge >= 0.3 is 0 Å². The fourth-order valence-electron chi connectivity index (χ4n) is 4.08. The highest BCUT2D eigenvalue weighted by atomic mass is 16.2. The van der Waals surface area contributed by atoms with Gasteiger partial charge in [0.15, 0.2) is 0 Å². The van der Waals surface area contributed by atoms with E-state index in [4.69, 9.17) is 0 Å². The summed E-state index contributed by atoms with van der Waals surface area (Å²) in [5.74, 6) is 0.222. The summed E-state index contributed by atoms with van der Waals surface area (Å²) in [6, 6.07) is 1.77. The molecule has 2 N–H and O–H groups in total. The first kappa shape index (κ1) is 14.3. The Labute approximate surface area is 122 Å². The molecule has 0 aromatic heterocycles. The highest BCUT2D eigenvalue weighted by Gasteiger charge is 2.36. The van der Waals surface area contributed by atoms with Crippen LogP contribution in [0.25, 0.3) is 0 Å². The van der Waals surface area contributed by atoms with E-state index in [9.17, 15) is 4.79 Å². The molecule has 0 aliphatic carbocycles. The molecule has 2 atom stereocenters. The van der Waals surface area contributed by atoms with E-state index in [1.807, 2.05) is 0 Å². The third kappa shape index (κ3) is 3.32. The smallest absolute Gasteiger partial charge is 0.234 e. The van der Waals surface area contributed by atoms with Crippen LogP contribution in [-0.4, -0.2) is 73.6 Å². The predicted octanol–water partition coefficient (Wildman–Crippen LogP) is 0.0231. The van der Waals surface area contributed by atoms with Gasteiger partial charge in [-0.1, -0.05) is 6.42 Å². The number of hydrogen-bond acceptors (Lipinski definition) is 4. The lowest BCUT2D eigenvalue weighted by atomic mass is 9.82. The van der Waals surface area contributed by atoms with Crippen LogP contribution in [0, 0.1) is 0 Å². The van der Waals surface area contributed by atoms with Crippen LogP contribution >= 0.6 is 0 Å². The molecule has 2 unspecified atom stereocenters. The highest BCUT2D eigenvalue weighted by molar-refractivity contribution is 5.78. The van der Waals surface area contributed by atoms with Crippen LogP contribution < -0.4 is 10.6 Å². The number of piperazine rings is 1. The summed E-state index contributed by atoms with van der Waals surface area (Å²) < 4.78 is 0. The summed E-state index contributed by atoms with van der Waals surface area (Å²) in [7, 11) is 2.26. The number of fused-ring (bicyclic) bond motifs is 2. The Hall–Kier alpha value is -0.650. The number of nitrogens with one attached hydrogen (secondary N) is 2. The van der Waals surface area contributed by atoms with Gasteiger partial charge < -0.3 is 15.5 Å². The van der Waals surface area contributed by atoms with Crippen molar-refractivity contribution in [1.82, 2.24) is 20.4 Å². The molecule has 3 aliphatic rings.